The van der Waals surface area contributed by atoms with Gasteiger partial charge in [-0.3, -0.25) is 4.55 Å². The topological polar surface area (TPSA) is 145 Å². The van der Waals surface area contributed by atoms with Crippen molar-refractivity contribution in [2.45, 2.75) is 18.9 Å². The predicted octanol–water partition coefficient (Wildman–Crippen LogP) is 3.30. The number of piperidine rings is 1. The van der Waals surface area contributed by atoms with Gasteiger partial charge in [-0.2, -0.15) is 13.5 Å². The van der Waals surface area contributed by atoms with E-state index >= 15 is 0 Å². The number of nitrogens with two attached hydrogens (primary N) is 1. The zero-order valence-electron chi connectivity index (χ0n) is 18.6. The fourth-order valence-corrected chi connectivity index (χ4v) is 3.80. The maximum absolute atomic E-state index is 9.19. The van der Waals surface area contributed by atoms with Gasteiger partial charge in [0.15, 0.2) is 5.65 Å². The lowest BCUT2D eigenvalue weighted by molar-refractivity contribution is 0.354. The minimum atomic E-state index is -3.67. The third kappa shape index (κ3) is 5.87. The SMILES string of the molecule is CS(=O)(=O)O.Nc1ncnc2c1c(-c1ccc(Oc3ccccc3)cc1)nn2C1CCCNC1. The second kappa shape index (κ2) is 10.2. The van der Waals surface area contributed by atoms with Crippen molar-refractivity contribution in [3.8, 4) is 22.8 Å². The molecule has 0 amide bonds. The monoisotopic (exact) mass is 482 g/mol. The molecule has 0 saturated carbocycles. The van der Waals surface area contributed by atoms with Crippen molar-refractivity contribution in [3.05, 3.63) is 60.9 Å². The number of hydrogen-bond donors (Lipinski definition) is 3. The minimum Gasteiger partial charge on any atom is -0.457 e. The fraction of sp³-hybridized carbons (Fsp3) is 0.261. The van der Waals surface area contributed by atoms with Crippen molar-refractivity contribution in [2.75, 3.05) is 25.1 Å². The third-order valence-electron chi connectivity index (χ3n) is 5.24. The van der Waals surface area contributed by atoms with Crippen LogP contribution in [0.4, 0.5) is 5.82 Å². The molecule has 1 saturated heterocycles. The summed E-state index contributed by atoms with van der Waals surface area (Å²) in [4.78, 5) is 8.69. The van der Waals surface area contributed by atoms with Crippen molar-refractivity contribution < 1.29 is 17.7 Å². The maximum atomic E-state index is 9.19. The molecule has 0 aliphatic carbocycles. The Morgan fingerprint density at radius 3 is 2.41 bits per heavy atom. The van der Waals surface area contributed by atoms with E-state index < -0.39 is 10.1 Å². The van der Waals surface area contributed by atoms with E-state index in [1.807, 2.05) is 59.3 Å². The third-order valence-corrected chi connectivity index (χ3v) is 5.24. The average molecular weight is 483 g/mol. The lowest BCUT2D eigenvalue weighted by Gasteiger charge is -2.23. The zero-order valence-corrected chi connectivity index (χ0v) is 19.4. The van der Waals surface area contributed by atoms with Crippen molar-refractivity contribution in [1.29, 1.82) is 0 Å². The van der Waals surface area contributed by atoms with Gasteiger partial charge in [0.2, 0.25) is 0 Å². The number of nitrogen functional groups attached to an aromatic ring is 1. The van der Waals surface area contributed by atoms with Crippen LogP contribution in [0.5, 0.6) is 11.5 Å². The van der Waals surface area contributed by atoms with E-state index in [-0.39, 0.29) is 6.04 Å². The van der Waals surface area contributed by atoms with Gasteiger partial charge in [-0.15, -0.1) is 0 Å². The van der Waals surface area contributed by atoms with E-state index in [9.17, 15) is 8.42 Å². The summed E-state index contributed by atoms with van der Waals surface area (Å²) in [5.74, 6) is 2.02. The molecule has 0 radical (unpaired) electrons. The Morgan fingerprint density at radius 2 is 1.76 bits per heavy atom. The van der Waals surface area contributed by atoms with Crippen LogP contribution in [0.1, 0.15) is 18.9 Å². The van der Waals surface area contributed by atoms with Crippen molar-refractivity contribution in [1.82, 2.24) is 25.1 Å². The highest BCUT2D eigenvalue weighted by molar-refractivity contribution is 7.85. The predicted molar refractivity (Wildman–Crippen MR) is 130 cm³/mol. The standard InChI is InChI=1S/C22H22N6O.CH4O3S/c23-21-19-20(15-8-10-18(11-9-15)29-17-6-2-1-3-7-17)27-28(22(19)26-14-25-21)16-5-4-12-24-13-16;1-5(2,3)4/h1-3,6-11,14,16,24H,4-5,12-13H2,(H2,23,25,26);1H3,(H,2,3,4). The van der Waals surface area contributed by atoms with Crippen molar-refractivity contribution >= 4 is 27.0 Å². The van der Waals surface area contributed by atoms with Crippen LogP contribution in [0.15, 0.2) is 60.9 Å². The first-order valence-electron chi connectivity index (χ1n) is 10.7. The number of anilines is 1. The number of nitrogens with zero attached hydrogens (tertiary/aromatic N) is 4. The van der Waals surface area contributed by atoms with E-state index in [2.05, 4.69) is 15.3 Å². The van der Waals surface area contributed by atoms with E-state index in [0.29, 0.717) is 12.1 Å². The molecule has 2 aromatic heterocycles. The fourth-order valence-electron chi connectivity index (χ4n) is 3.80. The van der Waals surface area contributed by atoms with Gasteiger partial charge in [-0.05, 0) is 55.8 Å². The summed E-state index contributed by atoms with van der Waals surface area (Å²) in [6.07, 6.45) is 4.41. The number of fused-ring (bicyclic) bond motifs is 1. The smallest absolute Gasteiger partial charge is 0.261 e. The van der Waals surface area contributed by atoms with E-state index in [4.69, 9.17) is 20.1 Å². The van der Waals surface area contributed by atoms with Crippen LogP contribution in [-0.2, 0) is 10.1 Å². The van der Waals surface area contributed by atoms with Gasteiger partial charge in [-0.25, -0.2) is 14.6 Å². The first-order chi connectivity index (χ1) is 16.3. The molecule has 1 aliphatic heterocycles. The summed E-state index contributed by atoms with van der Waals surface area (Å²) >= 11 is 0. The molecule has 4 aromatic rings. The van der Waals surface area contributed by atoms with E-state index in [1.165, 1.54) is 6.33 Å². The van der Waals surface area contributed by atoms with Crippen molar-refractivity contribution in [2.24, 2.45) is 0 Å². The van der Waals surface area contributed by atoms with Crippen LogP contribution >= 0.6 is 0 Å². The van der Waals surface area contributed by atoms with Crippen LogP contribution in [0.2, 0.25) is 0 Å². The summed E-state index contributed by atoms with van der Waals surface area (Å²) in [5, 5.41) is 9.15. The number of hydrogen-bond acceptors (Lipinski definition) is 8. The van der Waals surface area contributed by atoms with Crippen LogP contribution < -0.4 is 15.8 Å². The van der Waals surface area contributed by atoms with E-state index in [0.717, 1.165) is 59.7 Å². The molecular weight excluding hydrogens is 456 g/mol. The summed E-state index contributed by atoms with van der Waals surface area (Å²) < 4.78 is 33.8. The summed E-state index contributed by atoms with van der Waals surface area (Å²) in [5.41, 5.74) is 8.77. The van der Waals surface area contributed by atoms with Crippen LogP contribution in [0, 0.1) is 0 Å². The second-order valence-electron chi connectivity index (χ2n) is 7.92. The first-order valence-corrected chi connectivity index (χ1v) is 12.6. The molecule has 0 spiro atoms. The van der Waals surface area contributed by atoms with Crippen molar-refractivity contribution in [3.63, 3.8) is 0 Å². The lowest BCUT2D eigenvalue weighted by Crippen LogP contribution is -2.32. The molecule has 34 heavy (non-hydrogen) atoms. The highest BCUT2D eigenvalue weighted by atomic mass is 32.2. The normalized spacial score (nSPS) is 16.0. The molecule has 178 valence electrons. The molecule has 4 N–H and O–H groups in total. The number of ether oxygens (including phenoxy) is 1. The Balaban J connectivity index is 0.000000499. The zero-order chi connectivity index (χ0) is 24.1. The molecule has 1 aliphatic rings. The molecule has 3 heterocycles. The molecule has 10 nitrogen and oxygen atoms in total. The number of benzene rings is 2. The Labute approximate surface area is 197 Å². The average Bonchev–Trinajstić information content (AvgIpc) is 3.21. The molecule has 0 bridgehead atoms. The van der Waals surface area contributed by atoms with Gasteiger partial charge in [0.05, 0.1) is 17.7 Å². The summed E-state index contributed by atoms with van der Waals surface area (Å²) in [6, 6.07) is 17.9. The number of aromatic nitrogens is 4. The Kier molecular flexibility index (Phi) is 7.06. The lowest BCUT2D eigenvalue weighted by atomic mass is 10.1. The quantitative estimate of drug-likeness (QED) is 0.373. The molecule has 2 aromatic carbocycles. The highest BCUT2D eigenvalue weighted by Crippen LogP contribution is 2.34. The number of rotatable bonds is 4. The first kappa shape index (κ1) is 23.6. The Morgan fingerprint density at radius 1 is 1.09 bits per heavy atom. The van der Waals surface area contributed by atoms with E-state index in [1.54, 1.807) is 0 Å². The molecule has 1 fully saturated rings. The van der Waals surface area contributed by atoms with Gasteiger partial charge in [0, 0.05) is 12.1 Å². The molecule has 1 atom stereocenters. The van der Waals surface area contributed by atoms with Crippen LogP contribution in [0.3, 0.4) is 0 Å². The Hall–Kier alpha value is -3.54. The maximum Gasteiger partial charge on any atom is 0.261 e. The van der Waals surface area contributed by atoms with Gasteiger partial charge in [-0.1, -0.05) is 18.2 Å². The molecular formula is C23H26N6O4S. The van der Waals surface area contributed by atoms with Crippen LogP contribution in [0.25, 0.3) is 22.3 Å². The minimum absolute atomic E-state index is 0.259. The van der Waals surface area contributed by atoms with Gasteiger partial charge in [0.1, 0.15) is 29.3 Å². The number of nitrogens with one attached hydrogen (secondary N) is 1. The summed E-state index contributed by atoms with van der Waals surface area (Å²) in [7, 11) is -3.67. The van der Waals surface area contributed by atoms with Crippen LogP contribution in [-0.4, -0.2) is 52.1 Å². The van der Waals surface area contributed by atoms with Gasteiger partial charge < -0.3 is 15.8 Å². The van der Waals surface area contributed by atoms with Gasteiger partial charge in [0.25, 0.3) is 10.1 Å². The largest absolute Gasteiger partial charge is 0.457 e. The van der Waals surface area contributed by atoms with Gasteiger partial charge >= 0.3 is 0 Å². The Bertz CT molecular complexity index is 1340. The molecule has 5 rings (SSSR count). The molecule has 11 heteroatoms. The second-order valence-corrected chi connectivity index (χ2v) is 9.39. The summed E-state index contributed by atoms with van der Waals surface area (Å²) in [6.45, 7) is 1.92. The molecule has 1 unspecified atom stereocenters. The number of para-hydroxylation sites is 1. The highest BCUT2D eigenvalue weighted by Gasteiger charge is 2.23.